The van der Waals surface area contributed by atoms with E-state index in [1.54, 1.807) is 12.1 Å². The number of hydrogen-bond donors (Lipinski definition) is 1. The summed E-state index contributed by atoms with van der Waals surface area (Å²) in [6, 6.07) is 13.5. The van der Waals surface area contributed by atoms with Crippen molar-refractivity contribution in [3.8, 4) is 11.4 Å². The third-order valence-electron chi connectivity index (χ3n) is 3.28. The smallest absolute Gasteiger partial charge is 0.227 e. The van der Waals surface area contributed by atoms with Crippen LogP contribution in [0.5, 0.6) is 0 Å². The van der Waals surface area contributed by atoms with Gasteiger partial charge < -0.3 is 9.84 Å². The Bertz CT molecular complexity index is 849. The van der Waals surface area contributed by atoms with E-state index in [0.717, 1.165) is 10.0 Å². The van der Waals surface area contributed by atoms with Gasteiger partial charge in [0.15, 0.2) is 0 Å². The summed E-state index contributed by atoms with van der Waals surface area (Å²) in [6.07, 6.45) is 0.403. The summed E-state index contributed by atoms with van der Waals surface area (Å²) in [5.74, 6) is 0.0354. The Morgan fingerprint density at radius 1 is 1.17 bits per heavy atom. The zero-order chi connectivity index (χ0) is 16.9. The molecule has 0 aliphatic rings. The Morgan fingerprint density at radius 2 is 1.92 bits per heavy atom. The highest BCUT2D eigenvalue weighted by atomic mass is 79.9. The van der Waals surface area contributed by atoms with E-state index < -0.39 is 5.82 Å². The van der Waals surface area contributed by atoms with Crippen molar-refractivity contribution in [2.45, 2.75) is 12.8 Å². The summed E-state index contributed by atoms with van der Waals surface area (Å²) in [5.41, 5.74) is 0.979. The largest absolute Gasteiger partial charge is 0.339 e. The molecule has 0 radical (unpaired) electrons. The standard InChI is InChI=1S/C17H13BrFN3O2/c18-12-7-5-11(6-8-12)17-21-16(24-22-17)10-9-15(23)20-14-4-2-1-3-13(14)19/h1-8H,9-10H2,(H,20,23). The number of carbonyl (C=O) groups is 1. The van der Waals surface area contributed by atoms with Crippen LogP contribution < -0.4 is 5.32 Å². The summed E-state index contributed by atoms with van der Waals surface area (Å²) in [4.78, 5) is 16.1. The first-order valence-electron chi connectivity index (χ1n) is 7.25. The van der Waals surface area contributed by atoms with Gasteiger partial charge in [0, 0.05) is 22.9 Å². The number of benzene rings is 2. The topological polar surface area (TPSA) is 68.0 Å². The van der Waals surface area contributed by atoms with E-state index >= 15 is 0 Å². The molecule has 7 heteroatoms. The van der Waals surface area contributed by atoms with Crippen LogP contribution in [0.15, 0.2) is 57.5 Å². The van der Waals surface area contributed by atoms with Crippen molar-refractivity contribution in [1.82, 2.24) is 10.1 Å². The fraction of sp³-hybridized carbons (Fsp3) is 0.118. The van der Waals surface area contributed by atoms with Crippen molar-refractivity contribution < 1.29 is 13.7 Å². The lowest BCUT2D eigenvalue weighted by molar-refractivity contribution is -0.116. The molecule has 1 N–H and O–H groups in total. The summed E-state index contributed by atoms with van der Waals surface area (Å²) < 4.78 is 19.6. The lowest BCUT2D eigenvalue weighted by atomic mass is 10.2. The maximum absolute atomic E-state index is 13.5. The molecule has 1 amide bonds. The highest BCUT2D eigenvalue weighted by Crippen LogP contribution is 2.19. The van der Waals surface area contributed by atoms with E-state index in [1.165, 1.54) is 12.1 Å². The van der Waals surface area contributed by atoms with Crippen molar-refractivity contribution in [2.75, 3.05) is 5.32 Å². The lowest BCUT2D eigenvalue weighted by Gasteiger charge is -2.04. The van der Waals surface area contributed by atoms with Crippen LogP contribution in [-0.2, 0) is 11.2 Å². The molecule has 0 saturated heterocycles. The van der Waals surface area contributed by atoms with Gasteiger partial charge in [-0.3, -0.25) is 4.79 Å². The predicted molar refractivity (Wildman–Crippen MR) is 90.8 cm³/mol. The number of para-hydroxylation sites is 1. The van der Waals surface area contributed by atoms with Crippen LogP contribution in [0.3, 0.4) is 0 Å². The van der Waals surface area contributed by atoms with Gasteiger partial charge in [0.2, 0.25) is 17.6 Å². The molecule has 122 valence electrons. The van der Waals surface area contributed by atoms with Crippen molar-refractivity contribution >= 4 is 27.5 Å². The minimum atomic E-state index is -0.471. The molecule has 0 fully saturated rings. The second-order valence-corrected chi connectivity index (χ2v) is 5.96. The molecule has 0 aliphatic heterocycles. The first-order chi connectivity index (χ1) is 11.6. The number of halogens is 2. The number of anilines is 1. The van der Waals surface area contributed by atoms with Crippen LogP contribution in [0.2, 0.25) is 0 Å². The molecule has 0 aliphatic carbocycles. The molecule has 1 heterocycles. The molecule has 0 bridgehead atoms. The maximum atomic E-state index is 13.5. The van der Waals surface area contributed by atoms with E-state index in [4.69, 9.17) is 4.52 Å². The normalized spacial score (nSPS) is 10.6. The highest BCUT2D eigenvalue weighted by Gasteiger charge is 2.12. The number of rotatable bonds is 5. The van der Waals surface area contributed by atoms with Gasteiger partial charge in [0.25, 0.3) is 0 Å². The van der Waals surface area contributed by atoms with Crippen molar-refractivity contribution in [1.29, 1.82) is 0 Å². The molecule has 0 atom stereocenters. The van der Waals surface area contributed by atoms with E-state index in [9.17, 15) is 9.18 Å². The number of amides is 1. The summed E-state index contributed by atoms with van der Waals surface area (Å²) >= 11 is 3.36. The average molecular weight is 390 g/mol. The second kappa shape index (κ2) is 7.35. The third kappa shape index (κ3) is 4.05. The summed E-state index contributed by atoms with van der Waals surface area (Å²) in [7, 11) is 0. The molecule has 1 aromatic heterocycles. The number of nitrogens with one attached hydrogen (secondary N) is 1. The van der Waals surface area contributed by atoms with E-state index in [0.29, 0.717) is 11.7 Å². The van der Waals surface area contributed by atoms with E-state index in [-0.39, 0.29) is 24.4 Å². The van der Waals surface area contributed by atoms with Crippen LogP contribution in [0.4, 0.5) is 10.1 Å². The van der Waals surface area contributed by atoms with Crippen molar-refractivity contribution in [3.63, 3.8) is 0 Å². The van der Waals surface area contributed by atoms with Gasteiger partial charge in [-0.05, 0) is 36.4 Å². The monoisotopic (exact) mass is 389 g/mol. The molecule has 5 nitrogen and oxygen atoms in total. The third-order valence-corrected chi connectivity index (χ3v) is 3.81. The van der Waals surface area contributed by atoms with Gasteiger partial charge in [-0.25, -0.2) is 4.39 Å². The second-order valence-electron chi connectivity index (χ2n) is 5.05. The van der Waals surface area contributed by atoms with E-state index in [2.05, 4.69) is 31.4 Å². The summed E-state index contributed by atoms with van der Waals surface area (Å²) in [5, 5.41) is 6.42. The van der Waals surface area contributed by atoms with Gasteiger partial charge in [-0.2, -0.15) is 4.98 Å². The van der Waals surface area contributed by atoms with Crippen LogP contribution in [0.25, 0.3) is 11.4 Å². The Labute approximate surface area is 146 Å². The van der Waals surface area contributed by atoms with Crippen LogP contribution in [0.1, 0.15) is 12.3 Å². The predicted octanol–water partition coefficient (Wildman–Crippen LogP) is 4.21. The molecule has 2 aromatic carbocycles. The molecule has 3 aromatic rings. The van der Waals surface area contributed by atoms with E-state index in [1.807, 2.05) is 24.3 Å². The van der Waals surface area contributed by atoms with Gasteiger partial charge in [0.1, 0.15) is 5.82 Å². The number of hydrogen-bond acceptors (Lipinski definition) is 4. The van der Waals surface area contributed by atoms with Crippen LogP contribution >= 0.6 is 15.9 Å². The zero-order valence-electron chi connectivity index (χ0n) is 12.5. The Hall–Kier alpha value is -2.54. The van der Waals surface area contributed by atoms with Crippen molar-refractivity contribution in [2.24, 2.45) is 0 Å². The Kier molecular flexibility index (Phi) is 5.00. The van der Waals surface area contributed by atoms with Gasteiger partial charge in [-0.15, -0.1) is 0 Å². The number of aromatic nitrogens is 2. The Morgan fingerprint density at radius 3 is 2.67 bits per heavy atom. The maximum Gasteiger partial charge on any atom is 0.227 e. The zero-order valence-corrected chi connectivity index (χ0v) is 14.1. The molecule has 0 spiro atoms. The fourth-order valence-corrected chi connectivity index (χ4v) is 2.33. The molecule has 0 unspecified atom stereocenters. The lowest BCUT2D eigenvalue weighted by Crippen LogP contribution is -2.13. The van der Waals surface area contributed by atoms with Crippen LogP contribution in [0, 0.1) is 5.82 Å². The number of carbonyl (C=O) groups excluding carboxylic acids is 1. The number of nitrogens with zero attached hydrogens (tertiary/aromatic N) is 2. The average Bonchev–Trinajstić information content (AvgIpc) is 3.05. The number of aryl methyl sites for hydroxylation is 1. The van der Waals surface area contributed by atoms with Gasteiger partial charge >= 0.3 is 0 Å². The highest BCUT2D eigenvalue weighted by molar-refractivity contribution is 9.10. The minimum Gasteiger partial charge on any atom is -0.339 e. The van der Waals surface area contributed by atoms with Crippen molar-refractivity contribution in [3.05, 3.63) is 64.7 Å². The molecule has 0 saturated carbocycles. The molecule has 24 heavy (non-hydrogen) atoms. The Balaban J connectivity index is 1.58. The van der Waals surface area contributed by atoms with Gasteiger partial charge in [0.05, 0.1) is 5.69 Å². The first-order valence-corrected chi connectivity index (χ1v) is 8.04. The SMILES string of the molecule is O=C(CCc1nc(-c2ccc(Br)cc2)no1)Nc1ccccc1F. The van der Waals surface area contributed by atoms with Gasteiger partial charge in [-0.1, -0.05) is 33.2 Å². The molecular formula is C17H13BrFN3O2. The quantitative estimate of drug-likeness (QED) is 0.709. The molecular weight excluding hydrogens is 377 g/mol. The summed E-state index contributed by atoms with van der Waals surface area (Å²) in [6.45, 7) is 0. The minimum absolute atomic E-state index is 0.121. The fourth-order valence-electron chi connectivity index (χ4n) is 2.07. The van der Waals surface area contributed by atoms with Crippen LogP contribution in [-0.4, -0.2) is 16.0 Å². The molecule has 3 rings (SSSR count). The first kappa shape index (κ1) is 16.3.